The number of hydrogen-bond acceptors (Lipinski definition) is 4. The zero-order chi connectivity index (χ0) is 15.1. The van der Waals surface area contributed by atoms with Crippen molar-refractivity contribution in [2.24, 2.45) is 0 Å². The van der Waals surface area contributed by atoms with Crippen LogP contribution in [0.15, 0.2) is 35.7 Å². The average Bonchev–Trinajstić information content (AvgIpc) is 2.95. The minimum absolute atomic E-state index is 0.0484. The molecule has 2 aromatic rings. The van der Waals surface area contributed by atoms with Crippen molar-refractivity contribution >= 4 is 17.7 Å². The first-order valence-electron chi connectivity index (χ1n) is 6.70. The fraction of sp³-hybridized carbons (Fsp3) is 0.357. The number of carbonyl (C=O) groups excluding carboxylic acids is 1. The van der Waals surface area contributed by atoms with Crippen LogP contribution in [-0.4, -0.2) is 33.0 Å². The number of amides is 1. The summed E-state index contributed by atoms with van der Waals surface area (Å²) in [5.74, 6) is 0.00856. The van der Waals surface area contributed by atoms with Gasteiger partial charge in [0.25, 0.3) is 0 Å². The first kappa shape index (κ1) is 15.5. The molecule has 1 aromatic carbocycles. The van der Waals surface area contributed by atoms with Gasteiger partial charge in [0.1, 0.15) is 12.1 Å². The lowest BCUT2D eigenvalue weighted by Crippen LogP contribution is -2.27. The highest BCUT2D eigenvalue weighted by Gasteiger charge is 2.07. The van der Waals surface area contributed by atoms with E-state index in [0.29, 0.717) is 18.7 Å². The number of carbonyl (C=O) groups is 1. The van der Waals surface area contributed by atoms with Crippen molar-refractivity contribution in [1.82, 2.24) is 20.1 Å². The Morgan fingerprint density at radius 2 is 2.14 bits per heavy atom. The van der Waals surface area contributed by atoms with Gasteiger partial charge in [0.05, 0.1) is 5.75 Å². The van der Waals surface area contributed by atoms with E-state index >= 15 is 0 Å². The molecule has 0 bridgehead atoms. The molecule has 0 aliphatic carbocycles. The van der Waals surface area contributed by atoms with Crippen LogP contribution in [0.4, 0.5) is 4.39 Å². The summed E-state index contributed by atoms with van der Waals surface area (Å²) in [6.07, 6.45) is 2.33. The molecule has 0 saturated carbocycles. The van der Waals surface area contributed by atoms with Crippen molar-refractivity contribution in [3.63, 3.8) is 0 Å². The highest BCUT2D eigenvalue weighted by molar-refractivity contribution is 7.99. The van der Waals surface area contributed by atoms with Gasteiger partial charge in [-0.15, -0.1) is 10.2 Å². The van der Waals surface area contributed by atoms with E-state index < -0.39 is 0 Å². The minimum Gasteiger partial charge on any atom is -0.355 e. The maximum atomic E-state index is 12.7. The molecular weight excluding hydrogens is 291 g/mol. The summed E-state index contributed by atoms with van der Waals surface area (Å²) < 4.78 is 14.6. The average molecular weight is 308 g/mol. The molecule has 5 nitrogen and oxygen atoms in total. The van der Waals surface area contributed by atoms with E-state index in [0.717, 1.165) is 17.3 Å². The van der Waals surface area contributed by atoms with Crippen molar-refractivity contribution in [2.75, 3.05) is 12.3 Å². The fourth-order valence-corrected chi connectivity index (χ4v) is 2.56. The maximum absolute atomic E-state index is 12.7. The molecule has 21 heavy (non-hydrogen) atoms. The summed E-state index contributed by atoms with van der Waals surface area (Å²) in [4.78, 5) is 11.7. The molecule has 1 heterocycles. The van der Waals surface area contributed by atoms with E-state index in [4.69, 9.17) is 0 Å². The van der Waals surface area contributed by atoms with E-state index in [1.54, 1.807) is 18.5 Å². The molecule has 1 N–H and O–H groups in total. The van der Waals surface area contributed by atoms with Crippen LogP contribution >= 0.6 is 11.8 Å². The van der Waals surface area contributed by atoms with Crippen LogP contribution in [0, 0.1) is 5.82 Å². The van der Waals surface area contributed by atoms with Gasteiger partial charge < -0.3 is 9.88 Å². The number of rotatable bonds is 7. The molecule has 0 aliphatic rings. The molecule has 2 rings (SSSR count). The lowest BCUT2D eigenvalue weighted by Gasteiger charge is -2.05. The summed E-state index contributed by atoms with van der Waals surface area (Å²) >= 11 is 1.36. The largest absolute Gasteiger partial charge is 0.355 e. The Morgan fingerprint density at radius 3 is 2.86 bits per heavy atom. The summed E-state index contributed by atoms with van der Waals surface area (Å²) in [5.41, 5.74) is 0.995. The topological polar surface area (TPSA) is 59.8 Å². The molecule has 0 spiro atoms. The standard InChI is InChI=1S/C14H17FN4OS/c1-2-19-10-17-18-14(19)21-9-13(20)16-8-7-11-3-5-12(15)6-4-11/h3-6,10H,2,7-9H2,1H3,(H,16,20). The Kier molecular flexibility index (Phi) is 5.74. The van der Waals surface area contributed by atoms with Crippen LogP contribution in [0.25, 0.3) is 0 Å². The van der Waals surface area contributed by atoms with E-state index in [9.17, 15) is 9.18 Å². The third-order valence-electron chi connectivity index (χ3n) is 2.90. The highest BCUT2D eigenvalue weighted by atomic mass is 32.2. The molecule has 0 radical (unpaired) electrons. The van der Waals surface area contributed by atoms with Crippen molar-refractivity contribution in [2.45, 2.75) is 25.0 Å². The molecular formula is C14H17FN4OS. The number of halogens is 1. The van der Waals surface area contributed by atoms with Crippen LogP contribution < -0.4 is 5.32 Å². The van der Waals surface area contributed by atoms with Gasteiger partial charge >= 0.3 is 0 Å². The quantitative estimate of drug-likeness (QED) is 0.794. The van der Waals surface area contributed by atoms with Crippen LogP contribution in [0.5, 0.6) is 0 Å². The van der Waals surface area contributed by atoms with Gasteiger partial charge in [0.2, 0.25) is 5.91 Å². The molecule has 0 atom stereocenters. The SMILES string of the molecule is CCn1cnnc1SCC(=O)NCCc1ccc(F)cc1. The number of aromatic nitrogens is 3. The molecule has 1 amide bonds. The van der Waals surface area contributed by atoms with Crippen LogP contribution in [0.2, 0.25) is 0 Å². The first-order valence-corrected chi connectivity index (χ1v) is 7.69. The molecule has 0 aliphatic heterocycles. The Hall–Kier alpha value is -1.89. The Morgan fingerprint density at radius 1 is 1.38 bits per heavy atom. The fourth-order valence-electron chi connectivity index (χ4n) is 1.75. The Labute approximate surface area is 127 Å². The molecule has 0 saturated heterocycles. The number of aryl methyl sites for hydroxylation is 1. The van der Waals surface area contributed by atoms with Crippen molar-refractivity contribution < 1.29 is 9.18 Å². The zero-order valence-electron chi connectivity index (χ0n) is 11.8. The number of thioether (sulfide) groups is 1. The number of hydrogen-bond donors (Lipinski definition) is 1. The van der Waals surface area contributed by atoms with E-state index in [1.165, 1.54) is 23.9 Å². The second-order valence-electron chi connectivity index (χ2n) is 4.41. The Bertz CT molecular complexity index is 585. The molecule has 0 fully saturated rings. The van der Waals surface area contributed by atoms with E-state index in [-0.39, 0.29) is 11.7 Å². The summed E-state index contributed by atoms with van der Waals surface area (Å²) in [7, 11) is 0. The predicted molar refractivity (Wildman–Crippen MR) is 79.5 cm³/mol. The van der Waals surface area contributed by atoms with Gasteiger partial charge in [-0.05, 0) is 31.0 Å². The van der Waals surface area contributed by atoms with Crippen LogP contribution in [-0.2, 0) is 17.8 Å². The lowest BCUT2D eigenvalue weighted by atomic mass is 10.1. The van der Waals surface area contributed by atoms with E-state index in [1.807, 2.05) is 11.5 Å². The van der Waals surface area contributed by atoms with Gasteiger partial charge in [0, 0.05) is 13.1 Å². The van der Waals surface area contributed by atoms with Gasteiger partial charge in [-0.2, -0.15) is 0 Å². The summed E-state index contributed by atoms with van der Waals surface area (Å²) in [5, 5.41) is 11.3. The van der Waals surface area contributed by atoms with Gasteiger partial charge in [0.15, 0.2) is 5.16 Å². The second kappa shape index (κ2) is 7.78. The number of nitrogens with zero attached hydrogens (tertiary/aromatic N) is 3. The first-order chi connectivity index (χ1) is 10.2. The smallest absolute Gasteiger partial charge is 0.230 e. The van der Waals surface area contributed by atoms with Crippen molar-refractivity contribution in [3.8, 4) is 0 Å². The van der Waals surface area contributed by atoms with Gasteiger partial charge in [-0.3, -0.25) is 4.79 Å². The zero-order valence-corrected chi connectivity index (χ0v) is 12.6. The third kappa shape index (κ3) is 4.86. The monoisotopic (exact) mass is 308 g/mol. The Balaban J connectivity index is 1.69. The summed E-state index contributed by atoms with van der Waals surface area (Å²) in [6.45, 7) is 3.31. The second-order valence-corrected chi connectivity index (χ2v) is 5.36. The van der Waals surface area contributed by atoms with Crippen molar-refractivity contribution in [3.05, 3.63) is 42.0 Å². The van der Waals surface area contributed by atoms with Crippen molar-refractivity contribution in [1.29, 1.82) is 0 Å². The molecule has 112 valence electrons. The highest BCUT2D eigenvalue weighted by Crippen LogP contribution is 2.13. The third-order valence-corrected chi connectivity index (χ3v) is 3.88. The predicted octanol–water partition coefficient (Wildman–Crippen LogP) is 1.89. The van der Waals surface area contributed by atoms with Gasteiger partial charge in [-0.25, -0.2) is 4.39 Å². The normalized spacial score (nSPS) is 10.6. The van der Waals surface area contributed by atoms with E-state index in [2.05, 4.69) is 15.5 Å². The molecule has 0 unspecified atom stereocenters. The molecule has 7 heteroatoms. The molecule has 1 aromatic heterocycles. The minimum atomic E-state index is -0.251. The summed E-state index contributed by atoms with van der Waals surface area (Å²) in [6, 6.07) is 6.29. The number of benzene rings is 1. The lowest BCUT2D eigenvalue weighted by molar-refractivity contribution is -0.118. The number of nitrogens with one attached hydrogen (secondary N) is 1. The van der Waals surface area contributed by atoms with Gasteiger partial charge in [-0.1, -0.05) is 23.9 Å². The maximum Gasteiger partial charge on any atom is 0.230 e. The van der Waals surface area contributed by atoms with Crippen LogP contribution in [0.1, 0.15) is 12.5 Å². The van der Waals surface area contributed by atoms with Crippen LogP contribution in [0.3, 0.4) is 0 Å².